The fourth-order valence-electron chi connectivity index (χ4n) is 2.54. The molecule has 0 saturated heterocycles. The molecular weight excluding hydrogens is 258 g/mol. The molecular formula is C15H21NO2S. The molecule has 1 fully saturated rings. The van der Waals surface area contributed by atoms with Crippen molar-refractivity contribution in [2.45, 2.75) is 57.9 Å². The smallest absolute Gasteiger partial charge is 0.224 e. The summed E-state index contributed by atoms with van der Waals surface area (Å²) in [5, 5.41) is 5.03. The normalized spacial score (nSPS) is 16.9. The van der Waals surface area contributed by atoms with Gasteiger partial charge in [-0.05, 0) is 36.8 Å². The van der Waals surface area contributed by atoms with Crippen LogP contribution in [-0.4, -0.2) is 17.7 Å². The number of nitrogens with one attached hydrogen (secondary N) is 1. The van der Waals surface area contributed by atoms with E-state index in [-0.39, 0.29) is 11.7 Å². The van der Waals surface area contributed by atoms with Gasteiger partial charge in [0.25, 0.3) is 0 Å². The molecule has 4 heteroatoms. The highest BCUT2D eigenvalue weighted by Crippen LogP contribution is 2.18. The maximum atomic E-state index is 12.0. The van der Waals surface area contributed by atoms with Gasteiger partial charge in [-0.25, -0.2) is 0 Å². The predicted octanol–water partition coefficient (Wildman–Crippen LogP) is 3.33. The highest BCUT2D eigenvalue weighted by Gasteiger charge is 2.15. The van der Waals surface area contributed by atoms with Gasteiger partial charge in [0.15, 0.2) is 5.78 Å². The van der Waals surface area contributed by atoms with Gasteiger partial charge in [0.05, 0.1) is 11.3 Å². The SMILES string of the molecule is CC(=O)c1cc(CC(=O)NC2CCCCCC2)cs1. The first kappa shape index (κ1) is 14.3. The van der Waals surface area contributed by atoms with Crippen LogP contribution in [0.5, 0.6) is 0 Å². The van der Waals surface area contributed by atoms with Gasteiger partial charge in [-0.3, -0.25) is 9.59 Å². The van der Waals surface area contributed by atoms with E-state index in [1.807, 2.05) is 11.4 Å². The Bertz CT molecular complexity index is 445. The monoisotopic (exact) mass is 279 g/mol. The number of hydrogen-bond donors (Lipinski definition) is 1. The van der Waals surface area contributed by atoms with Crippen LogP contribution in [0.15, 0.2) is 11.4 Å². The lowest BCUT2D eigenvalue weighted by molar-refractivity contribution is -0.121. The zero-order chi connectivity index (χ0) is 13.7. The third-order valence-electron chi connectivity index (χ3n) is 3.59. The molecule has 0 unspecified atom stereocenters. The van der Waals surface area contributed by atoms with Gasteiger partial charge in [0.1, 0.15) is 0 Å². The Hall–Kier alpha value is -1.16. The molecule has 0 atom stereocenters. The molecule has 0 radical (unpaired) electrons. The van der Waals surface area contributed by atoms with E-state index in [0.29, 0.717) is 12.5 Å². The Morgan fingerprint density at radius 3 is 2.53 bits per heavy atom. The van der Waals surface area contributed by atoms with Crippen molar-refractivity contribution < 1.29 is 9.59 Å². The fraction of sp³-hybridized carbons (Fsp3) is 0.600. The lowest BCUT2D eigenvalue weighted by Gasteiger charge is -2.15. The van der Waals surface area contributed by atoms with Gasteiger partial charge < -0.3 is 5.32 Å². The molecule has 0 aliphatic heterocycles. The number of ketones is 1. The van der Waals surface area contributed by atoms with Crippen molar-refractivity contribution >= 4 is 23.0 Å². The highest BCUT2D eigenvalue weighted by molar-refractivity contribution is 7.12. The first-order chi connectivity index (χ1) is 9.15. The third kappa shape index (κ3) is 4.46. The summed E-state index contributed by atoms with van der Waals surface area (Å²) < 4.78 is 0. The molecule has 1 N–H and O–H groups in total. The Labute approximate surface area is 118 Å². The van der Waals surface area contributed by atoms with E-state index >= 15 is 0 Å². The number of thiophene rings is 1. The summed E-state index contributed by atoms with van der Waals surface area (Å²) in [7, 11) is 0. The number of rotatable bonds is 4. The second-order valence-corrected chi connectivity index (χ2v) is 6.22. The number of carbonyl (C=O) groups is 2. The van der Waals surface area contributed by atoms with E-state index in [1.165, 1.54) is 37.0 Å². The molecule has 1 aromatic rings. The first-order valence-corrected chi connectivity index (χ1v) is 7.91. The van der Waals surface area contributed by atoms with Crippen LogP contribution in [-0.2, 0) is 11.2 Å². The van der Waals surface area contributed by atoms with Gasteiger partial charge in [-0.15, -0.1) is 11.3 Å². The number of amides is 1. The first-order valence-electron chi connectivity index (χ1n) is 7.03. The van der Waals surface area contributed by atoms with Crippen LogP contribution in [0.25, 0.3) is 0 Å². The lowest BCUT2D eigenvalue weighted by Crippen LogP contribution is -2.35. The molecule has 3 nitrogen and oxygen atoms in total. The Morgan fingerprint density at radius 2 is 1.95 bits per heavy atom. The van der Waals surface area contributed by atoms with Gasteiger partial charge in [-0.2, -0.15) is 0 Å². The number of Topliss-reactive ketones (excluding diaryl/α,β-unsaturated/α-hetero) is 1. The van der Waals surface area contributed by atoms with Crippen molar-refractivity contribution in [2.75, 3.05) is 0 Å². The molecule has 0 bridgehead atoms. The average Bonchev–Trinajstić information content (AvgIpc) is 2.67. The Kier molecular flexibility index (Phi) is 5.14. The van der Waals surface area contributed by atoms with Crippen LogP contribution >= 0.6 is 11.3 Å². The summed E-state index contributed by atoms with van der Waals surface area (Å²) in [5.74, 6) is 0.153. The van der Waals surface area contributed by atoms with Crippen LogP contribution in [0.1, 0.15) is 60.7 Å². The standard InChI is InChI=1S/C15H21NO2S/c1-11(17)14-8-12(10-19-14)9-15(18)16-13-6-4-2-3-5-7-13/h8,10,13H,2-7,9H2,1H3,(H,16,18). The summed E-state index contributed by atoms with van der Waals surface area (Å²) in [6.45, 7) is 1.56. The topological polar surface area (TPSA) is 46.2 Å². The second kappa shape index (κ2) is 6.85. The van der Waals surface area contributed by atoms with Crippen LogP contribution < -0.4 is 5.32 Å². The maximum Gasteiger partial charge on any atom is 0.224 e. The van der Waals surface area contributed by atoms with Crippen molar-refractivity contribution in [3.05, 3.63) is 21.9 Å². The van der Waals surface area contributed by atoms with Crippen molar-refractivity contribution in [2.24, 2.45) is 0 Å². The van der Waals surface area contributed by atoms with Crippen molar-refractivity contribution in [1.82, 2.24) is 5.32 Å². The van der Waals surface area contributed by atoms with Crippen LogP contribution in [0.4, 0.5) is 0 Å². The second-order valence-electron chi connectivity index (χ2n) is 5.31. The maximum absolute atomic E-state index is 12.0. The van der Waals surface area contributed by atoms with E-state index < -0.39 is 0 Å². The summed E-state index contributed by atoms with van der Waals surface area (Å²) >= 11 is 1.42. The minimum atomic E-state index is 0.0698. The van der Waals surface area contributed by atoms with Crippen molar-refractivity contribution in [3.8, 4) is 0 Å². The molecule has 1 amide bonds. The zero-order valence-electron chi connectivity index (χ0n) is 11.4. The molecule has 1 saturated carbocycles. The van der Waals surface area contributed by atoms with E-state index in [1.54, 1.807) is 6.92 Å². The minimum Gasteiger partial charge on any atom is -0.353 e. The minimum absolute atomic E-state index is 0.0698. The molecule has 1 aromatic heterocycles. The summed E-state index contributed by atoms with van der Waals surface area (Å²) in [6.07, 6.45) is 7.62. The van der Waals surface area contributed by atoms with Crippen molar-refractivity contribution in [1.29, 1.82) is 0 Å². The van der Waals surface area contributed by atoms with Crippen LogP contribution in [0.2, 0.25) is 0 Å². The van der Waals surface area contributed by atoms with Crippen LogP contribution in [0.3, 0.4) is 0 Å². The third-order valence-corrected chi connectivity index (χ3v) is 4.67. The van der Waals surface area contributed by atoms with Gasteiger partial charge in [-0.1, -0.05) is 25.7 Å². The lowest BCUT2D eigenvalue weighted by atomic mass is 10.1. The van der Waals surface area contributed by atoms with Crippen LogP contribution in [0, 0.1) is 0 Å². The Balaban J connectivity index is 1.84. The largest absolute Gasteiger partial charge is 0.353 e. The summed E-state index contributed by atoms with van der Waals surface area (Å²) in [6, 6.07) is 2.18. The molecule has 1 aliphatic rings. The van der Waals surface area contributed by atoms with Gasteiger partial charge in [0, 0.05) is 6.04 Å². The van der Waals surface area contributed by atoms with E-state index in [0.717, 1.165) is 23.3 Å². The van der Waals surface area contributed by atoms with Gasteiger partial charge >= 0.3 is 0 Å². The van der Waals surface area contributed by atoms with Crippen molar-refractivity contribution in [3.63, 3.8) is 0 Å². The fourth-order valence-corrected chi connectivity index (χ4v) is 3.36. The molecule has 104 valence electrons. The highest BCUT2D eigenvalue weighted by atomic mass is 32.1. The number of hydrogen-bond acceptors (Lipinski definition) is 3. The molecule has 1 heterocycles. The van der Waals surface area contributed by atoms with Gasteiger partial charge in [0.2, 0.25) is 5.91 Å². The molecule has 2 rings (SSSR count). The summed E-state index contributed by atoms with van der Waals surface area (Å²) in [5.41, 5.74) is 0.946. The van der Waals surface area contributed by atoms with E-state index in [2.05, 4.69) is 5.32 Å². The molecule has 19 heavy (non-hydrogen) atoms. The average molecular weight is 279 g/mol. The van der Waals surface area contributed by atoms with E-state index in [4.69, 9.17) is 0 Å². The number of carbonyl (C=O) groups excluding carboxylic acids is 2. The predicted molar refractivity (Wildman–Crippen MR) is 77.7 cm³/mol. The van der Waals surface area contributed by atoms with E-state index in [9.17, 15) is 9.59 Å². The summed E-state index contributed by atoms with van der Waals surface area (Å²) in [4.78, 5) is 23.9. The quantitative estimate of drug-likeness (QED) is 0.679. The molecule has 0 spiro atoms. The zero-order valence-corrected chi connectivity index (χ0v) is 12.2. The molecule has 1 aliphatic carbocycles. The Morgan fingerprint density at radius 1 is 1.26 bits per heavy atom. The molecule has 0 aromatic carbocycles.